The summed E-state index contributed by atoms with van der Waals surface area (Å²) in [5.74, 6) is -4.01. The van der Waals surface area contributed by atoms with Crippen molar-refractivity contribution in [1.29, 1.82) is 0 Å². The predicted molar refractivity (Wildman–Crippen MR) is 117 cm³/mol. The first kappa shape index (κ1) is 26.7. The van der Waals surface area contributed by atoms with Gasteiger partial charge in [0.25, 0.3) is 0 Å². The minimum atomic E-state index is -1.39. The second kappa shape index (κ2) is 12.1. The van der Waals surface area contributed by atoms with Crippen LogP contribution in [0.5, 0.6) is 0 Å². The molecule has 1 fully saturated rings. The normalized spacial score (nSPS) is 19.0. The zero-order chi connectivity index (χ0) is 25.4. The largest absolute Gasteiger partial charge is 0.480 e. The summed E-state index contributed by atoms with van der Waals surface area (Å²) in [6, 6.07) is -4.74. The van der Waals surface area contributed by atoms with Gasteiger partial charge in [0.2, 0.25) is 23.6 Å². The van der Waals surface area contributed by atoms with Crippen molar-refractivity contribution < 1.29 is 34.2 Å². The fourth-order valence-corrected chi connectivity index (χ4v) is 3.64. The van der Waals surface area contributed by atoms with Crippen molar-refractivity contribution in [2.24, 2.45) is 11.5 Å². The van der Waals surface area contributed by atoms with Crippen LogP contribution < -0.4 is 22.1 Å². The minimum Gasteiger partial charge on any atom is -0.480 e. The number of aromatic nitrogens is 2. The summed E-state index contributed by atoms with van der Waals surface area (Å²) in [6.07, 6.45) is 2.08. The molecule has 0 saturated carbocycles. The number of nitrogens with two attached hydrogens (primary N) is 2. The van der Waals surface area contributed by atoms with Crippen molar-refractivity contribution in [2.75, 3.05) is 6.54 Å². The summed E-state index contributed by atoms with van der Waals surface area (Å²) in [6.45, 7) is 1.48. The van der Waals surface area contributed by atoms with Crippen LogP contribution in [0, 0.1) is 0 Å². The van der Waals surface area contributed by atoms with E-state index in [4.69, 9.17) is 11.5 Å². The Morgan fingerprint density at radius 2 is 2.00 bits per heavy atom. The second-order valence-electron chi connectivity index (χ2n) is 8.21. The molecule has 188 valence electrons. The Labute approximate surface area is 195 Å². The van der Waals surface area contributed by atoms with Crippen LogP contribution in [-0.4, -0.2) is 91.5 Å². The first-order chi connectivity index (χ1) is 16.0. The molecular formula is C20H31N7O7. The van der Waals surface area contributed by atoms with E-state index in [0.717, 1.165) is 0 Å². The number of nitrogens with one attached hydrogen (secondary N) is 3. The van der Waals surface area contributed by atoms with Gasteiger partial charge in [-0.15, -0.1) is 0 Å². The molecule has 1 aliphatic heterocycles. The van der Waals surface area contributed by atoms with Gasteiger partial charge in [-0.2, -0.15) is 0 Å². The van der Waals surface area contributed by atoms with Gasteiger partial charge in [0, 0.05) is 31.3 Å². The van der Waals surface area contributed by atoms with Crippen molar-refractivity contribution in [3.8, 4) is 0 Å². The maximum atomic E-state index is 13.1. The molecule has 0 bridgehead atoms. The summed E-state index contributed by atoms with van der Waals surface area (Å²) in [4.78, 5) is 68.7. The highest BCUT2D eigenvalue weighted by Crippen LogP contribution is 2.20. The van der Waals surface area contributed by atoms with Gasteiger partial charge in [-0.1, -0.05) is 0 Å². The lowest BCUT2D eigenvalue weighted by atomic mass is 10.1. The van der Waals surface area contributed by atoms with E-state index in [9.17, 15) is 34.2 Å². The number of aromatic amines is 1. The third kappa shape index (κ3) is 7.25. The van der Waals surface area contributed by atoms with E-state index in [1.54, 1.807) is 0 Å². The highest BCUT2D eigenvalue weighted by Gasteiger charge is 2.40. The van der Waals surface area contributed by atoms with Gasteiger partial charge in [-0.05, 0) is 26.2 Å². The Hall–Kier alpha value is -3.52. The number of carboxylic acids is 1. The summed E-state index contributed by atoms with van der Waals surface area (Å²) in [7, 11) is 0. The number of primary amides is 1. The molecule has 5 unspecified atom stereocenters. The molecule has 0 spiro atoms. The summed E-state index contributed by atoms with van der Waals surface area (Å²) < 4.78 is 0. The van der Waals surface area contributed by atoms with E-state index in [-0.39, 0.29) is 32.2 Å². The molecule has 4 amide bonds. The Morgan fingerprint density at radius 3 is 2.56 bits per heavy atom. The zero-order valence-electron chi connectivity index (χ0n) is 18.8. The van der Waals surface area contributed by atoms with E-state index in [0.29, 0.717) is 12.1 Å². The summed E-state index contributed by atoms with van der Waals surface area (Å²) in [5, 5.41) is 24.4. The number of hydrogen-bond donors (Lipinski definition) is 7. The van der Waals surface area contributed by atoms with Gasteiger partial charge in [0.15, 0.2) is 0 Å². The Morgan fingerprint density at radius 1 is 1.29 bits per heavy atom. The number of imidazole rings is 1. The van der Waals surface area contributed by atoms with Gasteiger partial charge in [-0.25, -0.2) is 9.78 Å². The molecule has 1 saturated heterocycles. The number of H-pyrrole nitrogens is 1. The molecule has 0 aliphatic carbocycles. The van der Waals surface area contributed by atoms with Crippen LogP contribution in [0.1, 0.15) is 38.3 Å². The van der Waals surface area contributed by atoms with E-state index in [1.165, 1.54) is 24.3 Å². The van der Waals surface area contributed by atoms with E-state index < -0.39 is 59.9 Å². The molecule has 5 atom stereocenters. The number of aliphatic hydroxyl groups excluding tert-OH is 1. The van der Waals surface area contributed by atoms with Crippen LogP contribution in [0.3, 0.4) is 0 Å². The van der Waals surface area contributed by atoms with Crippen molar-refractivity contribution in [3.05, 3.63) is 18.2 Å². The number of nitrogens with zero attached hydrogens (tertiary/aromatic N) is 2. The zero-order valence-corrected chi connectivity index (χ0v) is 18.8. The number of carboxylic acid groups (broad SMARTS) is 1. The number of likely N-dealkylation sites (tertiary alicyclic amines) is 1. The van der Waals surface area contributed by atoms with Crippen LogP contribution in [-0.2, 0) is 30.4 Å². The van der Waals surface area contributed by atoms with E-state index in [1.807, 2.05) is 0 Å². The Kier molecular flexibility index (Phi) is 9.50. The lowest BCUT2D eigenvalue weighted by molar-refractivity contribution is -0.146. The average Bonchev–Trinajstić information content (AvgIpc) is 3.46. The van der Waals surface area contributed by atoms with Gasteiger partial charge < -0.3 is 42.2 Å². The van der Waals surface area contributed by atoms with Crippen LogP contribution in [0.4, 0.5) is 0 Å². The Balaban J connectivity index is 2.07. The number of carbonyl (C=O) groups is 5. The molecule has 14 nitrogen and oxygen atoms in total. The molecule has 34 heavy (non-hydrogen) atoms. The first-order valence-electron chi connectivity index (χ1n) is 10.8. The molecule has 1 aliphatic rings. The molecule has 9 N–H and O–H groups in total. The SMILES string of the molecule is CC(O)C(NC(=O)C(N)CCC(N)=O)C(=O)N1CCCC1C(=O)NC(Cc1cnc[nH]1)C(=O)O. The number of carbonyl (C=O) groups excluding carboxylic acids is 4. The van der Waals surface area contributed by atoms with Gasteiger partial charge in [0.05, 0.1) is 18.5 Å². The third-order valence-electron chi connectivity index (χ3n) is 5.52. The third-order valence-corrected chi connectivity index (χ3v) is 5.52. The van der Waals surface area contributed by atoms with Crippen molar-refractivity contribution in [3.63, 3.8) is 0 Å². The van der Waals surface area contributed by atoms with Crippen molar-refractivity contribution in [2.45, 2.75) is 69.3 Å². The van der Waals surface area contributed by atoms with Crippen molar-refractivity contribution >= 4 is 29.6 Å². The molecule has 1 aromatic heterocycles. The Bertz CT molecular complexity index is 890. The monoisotopic (exact) mass is 481 g/mol. The van der Waals surface area contributed by atoms with Crippen LogP contribution >= 0.6 is 0 Å². The fraction of sp³-hybridized carbons (Fsp3) is 0.600. The van der Waals surface area contributed by atoms with Crippen molar-refractivity contribution in [1.82, 2.24) is 25.5 Å². The number of aliphatic hydroxyl groups is 1. The molecular weight excluding hydrogens is 450 g/mol. The highest BCUT2D eigenvalue weighted by atomic mass is 16.4. The van der Waals surface area contributed by atoms with Gasteiger partial charge >= 0.3 is 5.97 Å². The lowest BCUT2D eigenvalue weighted by Crippen LogP contribution is -2.59. The average molecular weight is 482 g/mol. The van der Waals surface area contributed by atoms with Gasteiger partial charge in [0.1, 0.15) is 18.1 Å². The standard InChI is InChI=1S/C20H31N7O7/c1-10(28)16(26-17(30)12(21)4-5-15(22)29)19(32)27-6-2-3-14(27)18(31)25-13(20(33)34)7-11-8-23-9-24-11/h8-10,12-14,16,28H,2-7,21H2,1H3,(H2,22,29)(H,23,24)(H,25,31)(H,26,30)(H,33,34). The lowest BCUT2D eigenvalue weighted by Gasteiger charge is -2.31. The highest BCUT2D eigenvalue weighted by molar-refractivity contribution is 5.95. The summed E-state index contributed by atoms with van der Waals surface area (Å²) in [5.41, 5.74) is 11.3. The number of hydrogen-bond acceptors (Lipinski definition) is 8. The minimum absolute atomic E-state index is 0.0305. The fourth-order valence-electron chi connectivity index (χ4n) is 3.64. The van der Waals surface area contributed by atoms with E-state index in [2.05, 4.69) is 20.6 Å². The maximum absolute atomic E-state index is 13.1. The van der Waals surface area contributed by atoms with Crippen LogP contribution in [0.15, 0.2) is 12.5 Å². The van der Waals surface area contributed by atoms with Gasteiger partial charge in [-0.3, -0.25) is 19.2 Å². The quantitative estimate of drug-likeness (QED) is 0.161. The maximum Gasteiger partial charge on any atom is 0.326 e. The molecule has 2 rings (SSSR count). The number of rotatable bonds is 12. The van der Waals surface area contributed by atoms with E-state index >= 15 is 0 Å². The number of amides is 4. The van der Waals surface area contributed by atoms with Crippen LogP contribution in [0.25, 0.3) is 0 Å². The molecule has 0 aromatic carbocycles. The molecule has 0 radical (unpaired) electrons. The van der Waals surface area contributed by atoms with Crippen LogP contribution in [0.2, 0.25) is 0 Å². The summed E-state index contributed by atoms with van der Waals surface area (Å²) >= 11 is 0. The molecule has 2 heterocycles. The molecule has 1 aromatic rings. The first-order valence-corrected chi connectivity index (χ1v) is 10.8. The second-order valence-corrected chi connectivity index (χ2v) is 8.21. The smallest absolute Gasteiger partial charge is 0.326 e. The molecule has 14 heteroatoms. The predicted octanol–water partition coefficient (Wildman–Crippen LogP) is -3.03. The number of aliphatic carboxylic acids is 1. The topological polar surface area (TPSA) is 234 Å².